The molecule has 0 aromatic rings. The summed E-state index contributed by atoms with van der Waals surface area (Å²) in [7, 11) is 0. The van der Waals surface area contributed by atoms with Gasteiger partial charge in [0.05, 0.1) is 13.2 Å². The second kappa shape index (κ2) is 28.5. The van der Waals surface area contributed by atoms with E-state index in [1.807, 2.05) is 13.8 Å². The fraction of sp³-hybridized carbons (Fsp3) is 0.943. The Morgan fingerprint density at radius 2 is 0.615 bits per heavy atom. The predicted octanol–water partition coefficient (Wildman–Crippen LogP) is 11.3. The Bertz CT molecular complexity index is 497. The van der Waals surface area contributed by atoms with Crippen LogP contribution >= 0.6 is 0 Å². The molecule has 0 spiro atoms. The fourth-order valence-electron chi connectivity index (χ4n) is 5.69. The van der Waals surface area contributed by atoms with E-state index in [0.29, 0.717) is 26.1 Å². The molecule has 0 rings (SSSR count). The first-order chi connectivity index (χ1) is 19.1. The van der Waals surface area contributed by atoms with Crippen molar-refractivity contribution < 1.29 is 19.1 Å². The first kappa shape index (κ1) is 37.9. The second-order valence-electron chi connectivity index (χ2n) is 11.8. The standard InChI is InChI=1S/C35H68O4/c1-5-9-11-13-15-17-19-21-23-25-27-29-31-35(33(36)38-7-3,34(37)39-8-4)32-30-28-26-24-22-20-18-16-14-12-10-6-2/h5-32H2,1-4H3. The lowest BCUT2D eigenvalue weighted by molar-refractivity contribution is -0.173. The summed E-state index contributed by atoms with van der Waals surface area (Å²) in [5.41, 5.74) is -1.12. The van der Waals surface area contributed by atoms with Crippen LogP contribution in [0.5, 0.6) is 0 Å². The summed E-state index contributed by atoms with van der Waals surface area (Å²) >= 11 is 0. The third-order valence-electron chi connectivity index (χ3n) is 8.25. The molecule has 0 aromatic carbocycles. The highest BCUT2D eigenvalue weighted by molar-refractivity contribution is 6.00. The van der Waals surface area contributed by atoms with Crippen molar-refractivity contribution in [3.8, 4) is 0 Å². The van der Waals surface area contributed by atoms with Crippen LogP contribution in [-0.4, -0.2) is 25.2 Å². The van der Waals surface area contributed by atoms with Crippen LogP contribution in [0, 0.1) is 5.41 Å². The van der Waals surface area contributed by atoms with Crippen molar-refractivity contribution in [1.29, 1.82) is 0 Å². The molecule has 0 amide bonds. The van der Waals surface area contributed by atoms with Gasteiger partial charge in [-0.2, -0.15) is 0 Å². The second-order valence-corrected chi connectivity index (χ2v) is 11.8. The molecular weight excluding hydrogens is 484 g/mol. The van der Waals surface area contributed by atoms with Gasteiger partial charge in [-0.15, -0.1) is 0 Å². The molecule has 0 aliphatic rings. The number of hydrogen-bond donors (Lipinski definition) is 0. The Morgan fingerprint density at radius 1 is 0.385 bits per heavy atom. The van der Waals surface area contributed by atoms with Crippen LogP contribution in [0.15, 0.2) is 0 Å². The SMILES string of the molecule is CCCCCCCCCCCCCCC(CCCCCCCCCCCCCC)(C(=O)OCC)C(=O)OCC. The van der Waals surface area contributed by atoms with Gasteiger partial charge < -0.3 is 9.47 Å². The van der Waals surface area contributed by atoms with E-state index in [0.717, 1.165) is 25.7 Å². The summed E-state index contributed by atoms with van der Waals surface area (Å²) in [6.07, 6.45) is 31.5. The molecule has 39 heavy (non-hydrogen) atoms. The van der Waals surface area contributed by atoms with Gasteiger partial charge in [0, 0.05) is 0 Å². The molecule has 0 N–H and O–H groups in total. The number of esters is 2. The molecule has 4 nitrogen and oxygen atoms in total. The molecule has 0 saturated heterocycles. The Kier molecular flexibility index (Phi) is 27.7. The number of carbonyl (C=O) groups excluding carboxylic acids is 2. The van der Waals surface area contributed by atoms with Crippen molar-refractivity contribution in [2.24, 2.45) is 5.41 Å². The lowest BCUT2D eigenvalue weighted by atomic mass is 9.77. The van der Waals surface area contributed by atoms with Gasteiger partial charge in [0.15, 0.2) is 5.41 Å². The van der Waals surface area contributed by atoms with E-state index in [4.69, 9.17) is 9.47 Å². The summed E-state index contributed by atoms with van der Waals surface area (Å²) in [6.45, 7) is 8.78. The minimum absolute atomic E-state index is 0.302. The van der Waals surface area contributed by atoms with E-state index < -0.39 is 5.41 Å². The van der Waals surface area contributed by atoms with Crippen molar-refractivity contribution in [2.75, 3.05) is 13.2 Å². The largest absolute Gasteiger partial charge is 0.465 e. The summed E-state index contributed by atoms with van der Waals surface area (Å²) in [5, 5.41) is 0. The molecule has 0 atom stereocenters. The zero-order valence-electron chi connectivity index (χ0n) is 26.9. The van der Waals surface area contributed by atoms with E-state index >= 15 is 0 Å². The first-order valence-corrected chi connectivity index (χ1v) is 17.4. The molecule has 4 heteroatoms. The number of ether oxygens (including phenoxy) is 2. The van der Waals surface area contributed by atoms with Crippen LogP contribution in [0.4, 0.5) is 0 Å². The third kappa shape index (κ3) is 20.5. The highest BCUT2D eigenvalue weighted by Gasteiger charge is 2.47. The maximum Gasteiger partial charge on any atom is 0.323 e. The Labute approximate surface area is 244 Å². The fourth-order valence-corrected chi connectivity index (χ4v) is 5.69. The lowest BCUT2D eigenvalue weighted by Crippen LogP contribution is -2.42. The maximum absolute atomic E-state index is 13.1. The van der Waals surface area contributed by atoms with Gasteiger partial charge in [0.25, 0.3) is 0 Å². The van der Waals surface area contributed by atoms with E-state index in [9.17, 15) is 9.59 Å². The van der Waals surface area contributed by atoms with Crippen LogP contribution in [0.1, 0.15) is 195 Å². The monoisotopic (exact) mass is 553 g/mol. The van der Waals surface area contributed by atoms with Gasteiger partial charge >= 0.3 is 11.9 Å². The summed E-state index contributed by atoms with van der Waals surface area (Å²) in [4.78, 5) is 26.2. The van der Waals surface area contributed by atoms with Gasteiger partial charge in [-0.3, -0.25) is 9.59 Å². The van der Waals surface area contributed by atoms with E-state index in [1.165, 1.54) is 128 Å². The molecule has 0 heterocycles. The van der Waals surface area contributed by atoms with Crippen LogP contribution in [0.3, 0.4) is 0 Å². The van der Waals surface area contributed by atoms with E-state index in [1.54, 1.807) is 0 Å². The zero-order chi connectivity index (χ0) is 28.9. The normalized spacial score (nSPS) is 11.6. The van der Waals surface area contributed by atoms with Crippen molar-refractivity contribution in [1.82, 2.24) is 0 Å². The van der Waals surface area contributed by atoms with Crippen molar-refractivity contribution in [2.45, 2.75) is 195 Å². The molecule has 232 valence electrons. The number of rotatable bonds is 30. The lowest BCUT2D eigenvalue weighted by Gasteiger charge is -2.29. The number of hydrogen-bond acceptors (Lipinski definition) is 4. The third-order valence-corrected chi connectivity index (χ3v) is 8.25. The Balaban J connectivity index is 4.42. The summed E-state index contributed by atoms with van der Waals surface area (Å²) < 4.78 is 10.9. The molecule has 0 aliphatic heterocycles. The first-order valence-electron chi connectivity index (χ1n) is 17.4. The van der Waals surface area contributed by atoms with Crippen LogP contribution < -0.4 is 0 Å². The molecule has 0 unspecified atom stereocenters. The van der Waals surface area contributed by atoms with Crippen LogP contribution in [-0.2, 0) is 19.1 Å². The van der Waals surface area contributed by atoms with Gasteiger partial charge in [0.2, 0.25) is 0 Å². The molecule has 0 aliphatic carbocycles. The van der Waals surface area contributed by atoms with Crippen molar-refractivity contribution in [3.63, 3.8) is 0 Å². The Hall–Kier alpha value is -1.06. The van der Waals surface area contributed by atoms with Gasteiger partial charge in [0.1, 0.15) is 0 Å². The molecule has 0 fully saturated rings. The highest BCUT2D eigenvalue weighted by atomic mass is 16.6. The summed E-state index contributed by atoms with van der Waals surface area (Å²) in [6, 6.07) is 0. The average Bonchev–Trinajstić information content (AvgIpc) is 2.93. The van der Waals surface area contributed by atoms with E-state index in [-0.39, 0.29) is 11.9 Å². The average molecular weight is 553 g/mol. The van der Waals surface area contributed by atoms with E-state index in [2.05, 4.69) is 13.8 Å². The highest BCUT2D eigenvalue weighted by Crippen LogP contribution is 2.35. The quantitative estimate of drug-likeness (QED) is 0.0505. The van der Waals surface area contributed by atoms with Crippen LogP contribution in [0.2, 0.25) is 0 Å². The Morgan fingerprint density at radius 3 is 0.846 bits per heavy atom. The predicted molar refractivity (Wildman–Crippen MR) is 167 cm³/mol. The molecule has 0 radical (unpaired) electrons. The number of unbranched alkanes of at least 4 members (excludes halogenated alkanes) is 22. The minimum atomic E-state index is -1.12. The minimum Gasteiger partial charge on any atom is -0.465 e. The number of carbonyl (C=O) groups is 2. The van der Waals surface area contributed by atoms with Gasteiger partial charge in [-0.05, 0) is 26.7 Å². The summed E-state index contributed by atoms with van der Waals surface area (Å²) in [5.74, 6) is -0.732. The molecule has 0 bridgehead atoms. The van der Waals surface area contributed by atoms with Crippen molar-refractivity contribution >= 4 is 11.9 Å². The zero-order valence-corrected chi connectivity index (χ0v) is 26.9. The van der Waals surface area contributed by atoms with Gasteiger partial charge in [-0.1, -0.05) is 168 Å². The topological polar surface area (TPSA) is 52.6 Å². The molecule has 0 aromatic heterocycles. The van der Waals surface area contributed by atoms with Gasteiger partial charge in [-0.25, -0.2) is 0 Å². The van der Waals surface area contributed by atoms with Crippen molar-refractivity contribution in [3.05, 3.63) is 0 Å². The molecular formula is C35H68O4. The molecule has 0 saturated carbocycles. The van der Waals surface area contributed by atoms with Crippen LogP contribution in [0.25, 0.3) is 0 Å². The maximum atomic E-state index is 13.1. The smallest absolute Gasteiger partial charge is 0.323 e.